The molecule has 0 saturated carbocycles. The molecule has 0 aliphatic heterocycles. The van der Waals surface area contributed by atoms with Crippen molar-refractivity contribution in [2.75, 3.05) is 14.2 Å². The van der Waals surface area contributed by atoms with Gasteiger partial charge in [-0.15, -0.1) is 0 Å². The molecule has 0 atom stereocenters. The average Bonchev–Trinajstić information content (AvgIpc) is 2.48. The Morgan fingerprint density at radius 3 is 2.33 bits per heavy atom. The Hall–Kier alpha value is -1.56. The number of para-hydroxylation sites is 1. The Kier molecular flexibility index (Phi) is 4.88. The van der Waals surface area contributed by atoms with Crippen molar-refractivity contribution in [3.05, 3.63) is 59.1 Å². The van der Waals surface area contributed by atoms with E-state index in [1.54, 1.807) is 25.3 Å². The second-order valence-corrected chi connectivity index (χ2v) is 7.01. The van der Waals surface area contributed by atoms with Gasteiger partial charge in [0, 0.05) is 24.2 Å². The lowest BCUT2D eigenvalue weighted by Crippen LogP contribution is -2.26. The number of methoxy groups -OCH3 is 1. The van der Waals surface area contributed by atoms with Crippen LogP contribution in [0.1, 0.15) is 5.56 Å². The minimum atomic E-state index is -3.56. The second kappa shape index (κ2) is 6.47. The van der Waals surface area contributed by atoms with Crippen LogP contribution in [0.4, 0.5) is 0 Å². The first kappa shape index (κ1) is 15.8. The van der Waals surface area contributed by atoms with Gasteiger partial charge in [0.25, 0.3) is 0 Å². The van der Waals surface area contributed by atoms with Gasteiger partial charge in [0.1, 0.15) is 5.75 Å². The fourth-order valence-electron chi connectivity index (χ4n) is 1.94. The van der Waals surface area contributed by atoms with E-state index in [1.165, 1.54) is 23.5 Å². The number of hydrogen-bond acceptors (Lipinski definition) is 3. The maximum absolute atomic E-state index is 12.5. The maximum Gasteiger partial charge on any atom is 0.243 e. The molecular formula is C15H16ClNO3S. The molecule has 0 radical (unpaired) electrons. The van der Waals surface area contributed by atoms with Crippen LogP contribution in [-0.4, -0.2) is 26.9 Å². The first-order valence-corrected chi connectivity index (χ1v) is 8.11. The largest absolute Gasteiger partial charge is 0.496 e. The van der Waals surface area contributed by atoms with Crippen LogP contribution in [0.25, 0.3) is 0 Å². The molecule has 0 heterocycles. The molecule has 0 fully saturated rings. The second-order valence-electron chi connectivity index (χ2n) is 4.53. The lowest BCUT2D eigenvalue weighted by atomic mass is 10.2. The van der Waals surface area contributed by atoms with E-state index in [1.807, 2.05) is 18.2 Å². The number of rotatable bonds is 5. The number of halogens is 1. The van der Waals surface area contributed by atoms with Crippen molar-refractivity contribution < 1.29 is 13.2 Å². The van der Waals surface area contributed by atoms with Crippen LogP contribution in [0.3, 0.4) is 0 Å². The van der Waals surface area contributed by atoms with Gasteiger partial charge in [-0.3, -0.25) is 0 Å². The van der Waals surface area contributed by atoms with E-state index in [2.05, 4.69) is 0 Å². The van der Waals surface area contributed by atoms with Crippen LogP contribution >= 0.6 is 11.6 Å². The highest BCUT2D eigenvalue weighted by Gasteiger charge is 2.21. The Bertz CT molecular complexity index is 714. The summed E-state index contributed by atoms with van der Waals surface area (Å²) in [4.78, 5) is 0.212. The van der Waals surface area contributed by atoms with E-state index in [9.17, 15) is 8.42 Å². The predicted octanol–water partition coefficient (Wildman–Crippen LogP) is 3.17. The molecule has 2 aromatic carbocycles. The minimum absolute atomic E-state index is 0.212. The molecule has 0 spiro atoms. The van der Waals surface area contributed by atoms with Gasteiger partial charge in [-0.1, -0.05) is 29.8 Å². The van der Waals surface area contributed by atoms with Gasteiger partial charge < -0.3 is 4.74 Å². The van der Waals surface area contributed by atoms with Crippen molar-refractivity contribution >= 4 is 21.6 Å². The maximum atomic E-state index is 12.5. The quantitative estimate of drug-likeness (QED) is 0.848. The molecule has 0 aliphatic rings. The smallest absolute Gasteiger partial charge is 0.243 e. The SMILES string of the molecule is COc1ccccc1CN(C)S(=O)(=O)c1ccc(Cl)cc1. The van der Waals surface area contributed by atoms with Gasteiger partial charge in [0.15, 0.2) is 0 Å². The molecule has 0 aliphatic carbocycles. The molecule has 0 N–H and O–H groups in total. The third kappa shape index (κ3) is 3.56. The lowest BCUT2D eigenvalue weighted by Gasteiger charge is -2.18. The molecule has 0 amide bonds. The molecule has 0 aromatic heterocycles. The monoisotopic (exact) mass is 325 g/mol. The molecule has 0 saturated heterocycles. The van der Waals surface area contributed by atoms with Gasteiger partial charge in [0.2, 0.25) is 10.0 Å². The van der Waals surface area contributed by atoms with Crippen LogP contribution in [0.15, 0.2) is 53.4 Å². The molecule has 2 rings (SSSR count). The fraction of sp³-hybridized carbons (Fsp3) is 0.200. The van der Waals surface area contributed by atoms with Crippen molar-refractivity contribution in [2.24, 2.45) is 0 Å². The summed E-state index contributed by atoms with van der Waals surface area (Å²) in [7, 11) is -0.460. The molecule has 0 bridgehead atoms. The number of sulfonamides is 1. The van der Waals surface area contributed by atoms with Crippen molar-refractivity contribution in [2.45, 2.75) is 11.4 Å². The van der Waals surface area contributed by atoms with Crippen molar-refractivity contribution in [3.8, 4) is 5.75 Å². The van der Waals surface area contributed by atoms with Crippen molar-refractivity contribution in [1.29, 1.82) is 0 Å². The highest BCUT2D eigenvalue weighted by Crippen LogP contribution is 2.23. The van der Waals surface area contributed by atoms with E-state index in [0.717, 1.165) is 5.56 Å². The summed E-state index contributed by atoms with van der Waals surface area (Å²) in [6.45, 7) is 0.231. The number of nitrogens with zero attached hydrogens (tertiary/aromatic N) is 1. The fourth-order valence-corrected chi connectivity index (χ4v) is 3.22. The Morgan fingerprint density at radius 2 is 1.71 bits per heavy atom. The van der Waals surface area contributed by atoms with Gasteiger partial charge in [0.05, 0.1) is 12.0 Å². The van der Waals surface area contributed by atoms with E-state index in [-0.39, 0.29) is 11.4 Å². The summed E-state index contributed by atoms with van der Waals surface area (Å²) in [5.41, 5.74) is 0.806. The zero-order valence-electron chi connectivity index (χ0n) is 11.8. The van der Waals surface area contributed by atoms with Gasteiger partial charge in [-0.2, -0.15) is 4.31 Å². The average molecular weight is 326 g/mol. The number of benzene rings is 2. The lowest BCUT2D eigenvalue weighted by molar-refractivity contribution is 0.398. The van der Waals surface area contributed by atoms with Crippen LogP contribution < -0.4 is 4.74 Å². The molecular weight excluding hydrogens is 310 g/mol. The highest BCUT2D eigenvalue weighted by molar-refractivity contribution is 7.89. The standard InChI is InChI=1S/C15H16ClNO3S/c1-17(11-12-5-3-4-6-15(12)20-2)21(18,19)14-9-7-13(16)8-10-14/h3-10H,11H2,1-2H3. The summed E-state index contributed by atoms with van der Waals surface area (Å²) < 4.78 is 31.5. The van der Waals surface area contributed by atoms with Gasteiger partial charge in [-0.25, -0.2) is 8.42 Å². The summed E-state index contributed by atoms with van der Waals surface area (Å²) in [6, 6.07) is 13.4. The van der Waals surface area contributed by atoms with Crippen LogP contribution in [0.5, 0.6) is 5.75 Å². The topological polar surface area (TPSA) is 46.6 Å². The number of ether oxygens (including phenoxy) is 1. The van der Waals surface area contributed by atoms with Crippen LogP contribution in [0.2, 0.25) is 5.02 Å². The molecule has 2 aromatic rings. The third-order valence-electron chi connectivity index (χ3n) is 3.11. The van der Waals surface area contributed by atoms with Gasteiger partial charge >= 0.3 is 0 Å². The van der Waals surface area contributed by atoms with Crippen LogP contribution in [0, 0.1) is 0 Å². The molecule has 6 heteroatoms. The van der Waals surface area contributed by atoms with E-state index < -0.39 is 10.0 Å². The minimum Gasteiger partial charge on any atom is -0.496 e. The summed E-state index contributed by atoms with van der Waals surface area (Å²) in [6.07, 6.45) is 0. The summed E-state index contributed by atoms with van der Waals surface area (Å²) >= 11 is 5.79. The number of hydrogen-bond donors (Lipinski definition) is 0. The van der Waals surface area contributed by atoms with E-state index >= 15 is 0 Å². The molecule has 0 unspecified atom stereocenters. The Labute approximate surface area is 130 Å². The summed E-state index contributed by atoms with van der Waals surface area (Å²) in [5, 5.41) is 0.501. The zero-order chi connectivity index (χ0) is 15.5. The van der Waals surface area contributed by atoms with Crippen LogP contribution in [-0.2, 0) is 16.6 Å². The first-order valence-electron chi connectivity index (χ1n) is 6.29. The van der Waals surface area contributed by atoms with Crippen molar-refractivity contribution in [3.63, 3.8) is 0 Å². The predicted molar refractivity (Wildman–Crippen MR) is 83.1 cm³/mol. The van der Waals surface area contributed by atoms with E-state index in [0.29, 0.717) is 10.8 Å². The van der Waals surface area contributed by atoms with Gasteiger partial charge in [-0.05, 0) is 30.3 Å². The first-order chi connectivity index (χ1) is 9.95. The molecule has 21 heavy (non-hydrogen) atoms. The van der Waals surface area contributed by atoms with Crippen molar-refractivity contribution in [1.82, 2.24) is 4.31 Å². The Morgan fingerprint density at radius 1 is 1.10 bits per heavy atom. The van der Waals surface area contributed by atoms with E-state index in [4.69, 9.17) is 16.3 Å². The molecule has 112 valence electrons. The zero-order valence-corrected chi connectivity index (χ0v) is 13.4. The Balaban J connectivity index is 2.26. The highest BCUT2D eigenvalue weighted by atomic mass is 35.5. The summed E-state index contributed by atoms with van der Waals surface area (Å²) in [5.74, 6) is 0.663. The third-order valence-corrected chi connectivity index (χ3v) is 5.18. The molecule has 4 nitrogen and oxygen atoms in total. The normalized spacial score (nSPS) is 11.6.